The Morgan fingerprint density at radius 3 is 2.73 bits per heavy atom. The van der Waals surface area contributed by atoms with Gasteiger partial charge in [0.1, 0.15) is 6.10 Å². The number of benzene rings is 1. The van der Waals surface area contributed by atoms with E-state index in [0.29, 0.717) is 5.92 Å². The van der Waals surface area contributed by atoms with E-state index < -0.39 is 11.9 Å². The lowest BCUT2D eigenvalue weighted by Gasteiger charge is -2.40. The molecule has 1 aliphatic carbocycles. The van der Waals surface area contributed by atoms with E-state index in [4.69, 9.17) is 9.47 Å². The van der Waals surface area contributed by atoms with Crippen LogP contribution in [-0.2, 0) is 9.47 Å². The van der Waals surface area contributed by atoms with E-state index in [-0.39, 0.29) is 18.2 Å². The fourth-order valence-corrected chi connectivity index (χ4v) is 4.96. The van der Waals surface area contributed by atoms with Gasteiger partial charge in [-0.3, -0.25) is 4.90 Å². The minimum absolute atomic E-state index is 0.0217. The maximum Gasteiger partial charge on any atom is 0.163 e. The van der Waals surface area contributed by atoms with Gasteiger partial charge in [0.25, 0.3) is 0 Å². The summed E-state index contributed by atoms with van der Waals surface area (Å²) in [5, 5.41) is 11.2. The summed E-state index contributed by atoms with van der Waals surface area (Å²) in [6, 6.07) is 10.6. The lowest BCUT2D eigenvalue weighted by molar-refractivity contribution is -0.156. The quantitative estimate of drug-likeness (QED) is 0.896. The normalized spacial score (nSPS) is 37.7. The second kappa shape index (κ2) is 7.08. The van der Waals surface area contributed by atoms with E-state index >= 15 is 0 Å². The molecule has 142 valence electrons. The SMILES string of the molecule is CCCCN1C/C(=C/c2ccccc2)[C@H]2C[C@H]3OC(C)(C)O[C@H]3[C@H](O)[C@H]21. The van der Waals surface area contributed by atoms with Crippen molar-refractivity contribution in [1.82, 2.24) is 4.90 Å². The Morgan fingerprint density at radius 2 is 2.00 bits per heavy atom. The van der Waals surface area contributed by atoms with Crippen molar-refractivity contribution < 1.29 is 14.6 Å². The number of unbranched alkanes of at least 4 members (excludes halogenated alkanes) is 1. The van der Waals surface area contributed by atoms with Crippen LogP contribution in [0.2, 0.25) is 0 Å². The third-order valence-electron chi connectivity index (χ3n) is 6.04. The van der Waals surface area contributed by atoms with Crippen molar-refractivity contribution in [3.05, 3.63) is 41.5 Å². The summed E-state index contributed by atoms with van der Waals surface area (Å²) in [7, 11) is 0. The predicted molar refractivity (Wildman–Crippen MR) is 103 cm³/mol. The molecule has 2 aliphatic heterocycles. The number of hydrogen-bond donors (Lipinski definition) is 1. The monoisotopic (exact) mass is 357 g/mol. The average molecular weight is 357 g/mol. The van der Waals surface area contributed by atoms with E-state index in [0.717, 1.165) is 25.9 Å². The van der Waals surface area contributed by atoms with Crippen molar-refractivity contribution in [1.29, 1.82) is 0 Å². The summed E-state index contributed by atoms with van der Waals surface area (Å²) in [4.78, 5) is 2.47. The number of aliphatic hydroxyl groups excluding tert-OH is 1. The smallest absolute Gasteiger partial charge is 0.163 e. The topological polar surface area (TPSA) is 41.9 Å². The van der Waals surface area contributed by atoms with E-state index in [9.17, 15) is 5.11 Å². The van der Waals surface area contributed by atoms with Crippen LogP contribution in [0, 0.1) is 5.92 Å². The highest BCUT2D eigenvalue weighted by molar-refractivity contribution is 5.55. The van der Waals surface area contributed by atoms with Gasteiger partial charge in [0.15, 0.2) is 5.79 Å². The minimum Gasteiger partial charge on any atom is -0.389 e. The van der Waals surface area contributed by atoms with Crippen LogP contribution < -0.4 is 0 Å². The highest BCUT2D eigenvalue weighted by Gasteiger charge is 2.56. The molecule has 2 heterocycles. The first-order valence-electron chi connectivity index (χ1n) is 10.0. The molecule has 1 aromatic carbocycles. The molecular weight excluding hydrogens is 326 g/mol. The fourth-order valence-electron chi connectivity index (χ4n) is 4.96. The van der Waals surface area contributed by atoms with Crippen LogP contribution in [0.1, 0.15) is 45.6 Å². The van der Waals surface area contributed by atoms with E-state index in [1.807, 2.05) is 19.9 Å². The summed E-state index contributed by atoms with van der Waals surface area (Å²) < 4.78 is 12.2. The molecule has 4 heteroatoms. The Balaban J connectivity index is 1.63. The number of hydrogen-bond acceptors (Lipinski definition) is 4. The van der Waals surface area contributed by atoms with Gasteiger partial charge in [0.2, 0.25) is 0 Å². The zero-order valence-electron chi connectivity index (χ0n) is 16.1. The highest BCUT2D eigenvalue weighted by Crippen LogP contribution is 2.46. The molecule has 1 N–H and O–H groups in total. The number of aliphatic hydroxyl groups is 1. The minimum atomic E-state index is -0.605. The van der Waals surface area contributed by atoms with Crippen molar-refractivity contribution in [3.63, 3.8) is 0 Å². The van der Waals surface area contributed by atoms with Crippen molar-refractivity contribution in [2.24, 2.45) is 5.92 Å². The molecule has 0 aromatic heterocycles. The molecule has 0 bridgehead atoms. The number of fused-ring (bicyclic) bond motifs is 2. The van der Waals surface area contributed by atoms with Gasteiger partial charge >= 0.3 is 0 Å². The van der Waals surface area contributed by atoms with Gasteiger partial charge in [-0.2, -0.15) is 0 Å². The molecular formula is C22H31NO3. The summed E-state index contributed by atoms with van der Waals surface area (Å²) in [6.07, 6.45) is 4.83. The van der Waals surface area contributed by atoms with Crippen LogP contribution >= 0.6 is 0 Å². The molecule has 0 amide bonds. The molecule has 0 unspecified atom stereocenters. The maximum absolute atomic E-state index is 11.2. The Morgan fingerprint density at radius 1 is 1.23 bits per heavy atom. The zero-order valence-corrected chi connectivity index (χ0v) is 16.1. The molecule has 1 saturated carbocycles. The molecule has 0 radical (unpaired) electrons. The van der Waals surface area contributed by atoms with Crippen LogP contribution in [-0.4, -0.2) is 53.2 Å². The summed E-state index contributed by atoms with van der Waals surface area (Å²) in [5.74, 6) is -0.271. The second-order valence-electron chi connectivity index (χ2n) is 8.42. The highest BCUT2D eigenvalue weighted by atomic mass is 16.8. The van der Waals surface area contributed by atoms with Crippen molar-refractivity contribution >= 4 is 6.08 Å². The van der Waals surface area contributed by atoms with Gasteiger partial charge in [0, 0.05) is 18.5 Å². The Hall–Kier alpha value is -1.20. The van der Waals surface area contributed by atoms with E-state index in [2.05, 4.69) is 42.2 Å². The van der Waals surface area contributed by atoms with Gasteiger partial charge in [-0.15, -0.1) is 0 Å². The van der Waals surface area contributed by atoms with Crippen LogP contribution in [0.4, 0.5) is 0 Å². The third kappa shape index (κ3) is 3.36. The van der Waals surface area contributed by atoms with Crippen LogP contribution in [0.25, 0.3) is 6.08 Å². The van der Waals surface area contributed by atoms with Gasteiger partial charge in [-0.05, 0) is 38.8 Å². The summed E-state index contributed by atoms with van der Waals surface area (Å²) >= 11 is 0. The van der Waals surface area contributed by atoms with E-state index in [1.165, 1.54) is 17.6 Å². The van der Waals surface area contributed by atoms with Crippen LogP contribution in [0.15, 0.2) is 35.9 Å². The lowest BCUT2D eigenvalue weighted by atomic mass is 9.77. The Bertz CT molecular complexity index is 657. The lowest BCUT2D eigenvalue weighted by Crippen LogP contribution is -2.55. The number of ether oxygens (including phenoxy) is 2. The van der Waals surface area contributed by atoms with Gasteiger partial charge in [0.05, 0.1) is 12.2 Å². The first kappa shape index (κ1) is 18.2. The molecule has 26 heavy (non-hydrogen) atoms. The maximum atomic E-state index is 11.2. The third-order valence-corrected chi connectivity index (χ3v) is 6.04. The zero-order chi connectivity index (χ0) is 18.3. The van der Waals surface area contributed by atoms with Crippen molar-refractivity contribution in [3.8, 4) is 0 Å². The van der Waals surface area contributed by atoms with Gasteiger partial charge in [-0.25, -0.2) is 0 Å². The number of nitrogens with zero attached hydrogens (tertiary/aromatic N) is 1. The molecule has 3 aliphatic rings. The molecule has 2 saturated heterocycles. The molecule has 0 spiro atoms. The molecule has 4 nitrogen and oxygen atoms in total. The first-order chi connectivity index (χ1) is 12.5. The Labute approximate surface area is 156 Å². The molecule has 1 aromatic rings. The summed E-state index contributed by atoms with van der Waals surface area (Å²) in [6.45, 7) is 8.08. The standard InChI is InChI=1S/C22H31NO3/c1-4-5-11-23-14-16(12-15-9-7-6-8-10-15)17-13-18-21(20(24)19(17)23)26-22(2,3)25-18/h6-10,12,17-21,24H,4-5,11,13-14H2,1-3H3/b16-12-/t17-,18-,19+,20-,21-/m1/s1. The van der Waals surface area contributed by atoms with Gasteiger partial charge < -0.3 is 14.6 Å². The Kier molecular flexibility index (Phi) is 4.95. The molecule has 5 atom stereocenters. The fraction of sp³-hybridized carbons (Fsp3) is 0.636. The second-order valence-corrected chi connectivity index (χ2v) is 8.42. The number of rotatable bonds is 4. The molecule has 4 rings (SSSR count). The van der Waals surface area contributed by atoms with Crippen LogP contribution in [0.3, 0.4) is 0 Å². The molecule has 3 fully saturated rings. The summed E-state index contributed by atoms with van der Waals surface area (Å²) in [5.41, 5.74) is 2.65. The average Bonchev–Trinajstić information content (AvgIpc) is 3.11. The van der Waals surface area contributed by atoms with Gasteiger partial charge in [-0.1, -0.05) is 55.3 Å². The largest absolute Gasteiger partial charge is 0.389 e. The van der Waals surface area contributed by atoms with Crippen molar-refractivity contribution in [2.75, 3.05) is 13.1 Å². The van der Waals surface area contributed by atoms with Crippen LogP contribution in [0.5, 0.6) is 0 Å². The van der Waals surface area contributed by atoms with Crippen molar-refractivity contribution in [2.45, 2.75) is 70.2 Å². The first-order valence-corrected chi connectivity index (χ1v) is 10.0. The number of likely N-dealkylation sites (tertiary alicyclic amines) is 1. The predicted octanol–water partition coefficient (Wildman–Crippen LogP) is 3.46. The van der Waals surface area contributed by atoms with E-state index in [1.54, 1.807) is 0 Å².